The molecule has 3 N–H and O–H groups in total. The van der Waals surface area contributed by atoms with E-state index >= 15 is 0 Å². The van der Waals surface area contributed by atoms with E-state index in [4.69, 9.17) is 4.74 Å². The molecule has 0 spiro atoms. The molecule has 0 bridgehead atoms. The second kappa shape index (κ2) is 8.17. The molecule has 1 saturated heterocycles. The second-order valence-corrected chi connectivity index (χ2v) is 7.70. The van der Waals surface area contributed by atoms with Gasteiger partial charge in [-0.2, -0.15) is 0 Å². The molecule has 7 heteroatoms. The molecule has 0 unspecified atom stereocenters. The first-order chi connectivity index (χ1) is 12.9. The summed E-state index contributed by atoms with van der Waals surface area (Å²) >= 11 is 0. The number of benzene rings is 1. The van der Waals surface area contributed by atoms with Crippen LogP contribution in [-0.4, -0.2) is 60.2 Å². The Kier molecular flexibility index (Phi) is 5.89. The Morgan fingerprint density at radius 2 is 1.85 bits per heavy atom. The molecule has 1 saturated carbocycles. The van der Waals surface area contributed by atoms with E-state index in [0.29, 0.717) is 13.0 Å². The van der Waals surface area contributed by atoms with E-state index in [9.17, 15) is 14.7 Å². The SMILES string of the molecule is COc1ccc(NC2(C(=O)N[C@H]3C[C@@H](C(=O)O)N(C)C3)CCCCC2)cc1. The number of carbonyl (C=O) groups excluding carboxylic acids is 1. The lowest BCUT2D eigenvalue weighted by Crippen LogP contribution is -2.56. The van der Waals surface area contributed by atoms with Gasteiger partial charge in [-0.15, -0.1) is 0 Å². The van der Waals surface area contributed by atoms with Gasteiger partial charge in [0.1, 0.15) is 17.3 Å². The zero-order valence-corrected chi connectivity index (χ0v) is 16.0. The van der Waals surface area contributed by atoms with Gasteiger partial charge in [0.2, 0.25) is 5.91 Å². The number of hydrogen-bond donors (Lipinski definition) is 3. The van der Waals surface area contributed by atoms with Crippen LogP contribution in [0.25, 0.3) is 0 Å². The minimum atomic E-state index is -0.835. The third-order valence-electron chi connectivity index (χ3n) is 5.78. The summed E-state index contributed by atoms with van der Waals surface area (Å²) in [6, 6.07) is 6.92. The van der Waals surface area contributed by atoms with Crippen LogP contribution >= 0.6 is 0 Å². The highest BCUT2D eigenvalue weighted by Gasteiger charge is 2.42. The van der Waals surface area contributed by atoms with Gasteiger partial charge in [-0.3, -0.25) is 14.5 Å². The average Bonchev–Trinajstić information content (AvgIpc) is 3.03. The van der Waals surface area contributed by atoms with Crippen molar-refractivity contribution in [2.24, 2.45) is 0 Å². The number of methoxy groups -OCH3 is 1. The van der Waals surface area contributed by atoms with Crippen LogP contribution in [0.4, 0.5) is 5.69 Å². The topological polar surface area (TPSA) is 90.9 Å². The van der Waals surface area contributed by atoms with Crippen LogP contribution in [-0.2, 0) is 9.59 Å². The first kappa shape index (κ1) is 19.5. The number of ether oxygens (including phenoxy) is 1. The quantitative estimate of drug-likeness (QED) is 0.705. The molecule has 2 aliphatic rings. The van der Waals surface area contributed by atoms with Gasteiger partial charge in [-0.25, -0.2) is 0 Å². The van der Waals surface area contributed by atoms with Crippen molar-refractivity contribution in [3.05, 3.63) is 24.3 Å². The van der Waals surface area contributed by atoms with Crippen LogP contribution in [0, 0.1) is 0 Å². The van der Waals surface area contributed by atoms with Crippen molar-refractivity contribution < 1.29 is 19.4 Å². The van der Waals surface area contributed by atoms with E-state index in [2.05, 4.69) is 10.6 Å². The summed E-state index contributed by atoms with van der Waals surface area (Å²) in [4.78, 5) is 26.3. The molecule has 1 heterocycles. The fourth-order valence-corrected chi connectivity index (χ4v) is 4.23. The zero-order chi connectivity index (χ0) is 19.4. The van der Waals surface area contributed by atoms with Gasteiger partial charge in [0.25, 0.3) is 0 Å². The highest BCUT2D eigenvalue weighted by atomic mass is 16.5. The average molecular weight is 375 g/mol. The number of carbonyl (C=O) groups is 2. The largest absolute Gasteiger partial charge is 0.497 e. The molecule has 1 aliphatic carbocycles. The van der Waals surface area contributed by atoms with Gasteiger partial charge < -0.3 is 20.5 Å². The molecule has 1 aromatic rings. The Bertz CT molecular complexity index is 670. The van der Waals surface area contributed by atoms with Crippen molar-refractivity contribution in [2.45, 2.75) is 56.1 Å². The van der Waals surface area contributed by atoms with Crippen LogP contribution in [0.5, 0.6) is 5.75 Å². The summed E-state index contributed by atoms with van der Waals surface area (Å²) in [6.07, 6.45) is 5.12. The predicted molar refractivity (Wildman–Crippen MR) is 103 cm³/mol. The van der Waals surface area contributed by atoms with E-state index in [1.165, 1.54) is 0 Å². The number of hydrogen-bond acceptors (Lipinski definition) is 5. The lowest BCUT2D eigenvalue weighted by atomic mass is 9.80. The van der Waals surface area contributed by atoms with Crippen molar-refractivity contribution in [3.63, 3.8) is 0 Å². The lowest BCUT2D eigenvalue weighted by Gasteiger charge is -2.38. The van der Waals surface area contributed by atoms with Crippen LogP contribution in [0.1, 0.15) is 38.5 Å². The normalized spacial score (nSPS) is 25.0. The van der Waals surface area contributed by atoms with Crippen molar-refractivity contribution in [2.75, 3.05) is 26.0 Å². The number of carboxylic acids is 1. The Hall–Kier alpha value is -2.28. The number of aliphatic carboxylic acids is 1. The third-order valence-corrected chi connectivity index (χ3v) is 5.78. The van der Waals surface area contributed by atoms with E-state index in [0.717, 1.165) is 43.5 Å². The number of amides is 1. The van der Waals surface area contributed by atoms with Crippen molar-refractivity contribution >= 4 is 17.6 Å². The first-order valence-corrected chi connectivity index (χ1v) is 9.60. The van der Waals surface area contributed by atoms with Gasteiger partial charge in [-0.1, -0.05) is 19.3 Å². The highest BCUT2D eigenvalue weighted by Crippen LogP contribution is 2.33. The van der Waals surface area contributed by atoms with Crippen LogP contribution in [0.15, 0.2) is 24.3 Å². The van der Waals surface area contributed by atoms with Gasteiger partial charge in [0.05, 0.1) is 7.11 Å². The number of anilines is 1. The molecule has 27 heavy (non-hydrogen) atoms. The lowest BCUT2D eigenvalue weighted by molar-refractivity contribution is -0.141. The van der Waals surface area contributed by atoms with Crippen LogP contribution in [0.2, 0.25) is 0 Å². The Morgan fingerprint density at radius 3 is 2.41 bits per heavy atom. The summed E-state index contributed by atoms with van der Waals surface area (Å²) in [5.74, 6) is -0.0863. The summed E-state index contributed by atoms with van der Waals surface area (Å²) in [7, 11) is 3.42. The molecular weight excluding hydrogens is 346 g/mol. The molecule has 1 amide bonds. The Labute approximate surface area is 160 Å². The van der Waals surface area contributed by atoms with Gasteiger partial charge in [0, 0.05) is 18.3 Å². The summed E-state index contributed by atoms with van der Waals surface area (Å²) in [5.41, 5.74) is 0.243. The molecular formula is C20H29N3O4. The molecule has 2 fully saturated rings. The predicted octanol–water partition coefficient (Wildman–Crippen LogP) is 2.08. The van der Waals surface area contributed by atoms with Crippen molar-refractivity contribution in [1.29, 1.82) is 0 Å². The first-order valence-electron chi connectivity index (χ1n) is 9.60. The molecule has 1 aliphatic heterocycles. The van der Waals surface area contributed by atoms with Crippen molar-refractivity contribution in [3.8, 4) is 5.75 Å². The number of likely N-dealkylation sites (tertiary alicyclic amines) is 1. The maximum atomic E-state index is 13.2. The number of nitrogens with one attached hydrogen (secondary N) is 2. The minimum Gasteiger partial charge on any atom is -0.497 e. The summed E-state index contributed by atoms with van der Waals surface area (Å²) in [5, 5.41) is 15.9. The molecule has 1 aromatic carbocycles. The third kappa shape index (κ3) is 4.35. The maximum Gasteiger partial charge on any atom is 0.320 e. The molecule has 0 aromatic heterocycles. The zero-order valence-electron chi connectivity index (χ0n) is 16.0. The van der Waals surface area contributed by atoms with E-state index < -0.39 is 17.6 Å². The molecule has 3 rings (SSSR count). The van der Waals surface area contributed by atoms with Crippen molar-refractivity contribution in [1.82, 2.24) is 10.2 Å². The fourth-order valence-electron chi connectivity index (χ4n) is 4.23. The van der Waals surface area contributed by atoms with Gasteiger partial charge in [-0.05, 0) is 50.6 Å². The second-order valence-electron chi connectivity index (χ2n) is 7.70. The molecule has 148 valence electrons. The minimum absolute atomic E-state index is 0.0255. The van der Waals surface area contributed by atoms with E-state index in [-0.39, 0.29) is 11.9 Å². The molecule has 0 radical (unpaired) electrons. The Morgan fingerprint density at radius 1 is 1.19 bits per heavy atom. The van der Waals surface area contributed by atoms with Crippen LogP contribution in [0.3, 0.4) is 0 Å². The van der Waals surface area contributed by atoms with E-state index in [1.54, 1.807) is 19.1 Å². The number of likely N-dealkylation sites (N-methyl/N-ethyl adjacent to an activating group) is 1. The van der Waals surface area contributed by atoms with Gasteiger partial charge >= 0.3 is 5.97 Å². The smallest absolute Gasteiger partial charge is 0.320 e. The molecule has 7 nitrogen and oxygen atoms in total. The highest BCUT2D eigenvalue weighted by molar-refractivity contribution is 5.90. The van der Waals surface area contributed by atoms with Gasteiger partial charge in [0.15, 0.2) is 0 Å². The number of carboxylic acid groups (broad SMARTS) is 1. The number of nitrogens with zero attached hydrogens (tertiary/aromatic N) is 1. The summed E-state index contributed by atoms with van der Waals surface area (Å²) in [6.45, 7) is 0.557. The Balaban J connectivity index is 1.71. The summed E-state index contributed by atoms with van der Waals surface area (Å²) < 4.78 is 5.20. The standard InChI is InChI=1S/C20H29N3O4/c1-23-13-15(12-17(23)18(24)25)21-19(26)20(10-4-3-5-11-20)22-14-6-8-16(27-2)9-7-14/h6-9,15,17,22H,3-5,10-13H2,1-2H3,(H,21,26)(H,24,25)/t15-,17-/m0/s1. The monoisotopic (exact) mass is 375 g/mol. The number of rotatable bonds is 6. The maximum absolute atomic E-state index is 13.2. The molecule has 2 atom stereocenters. The fraction of sp³-hybridized carbons (Fsp3) is 0.600. The van der Waals surface area contributed by atoms with E-state index in [1.807, 2.05) is 24.3 Å². The van der Waals surface area contributed by atoms with Crippen LogP contribution < -0.4 is 15.4 Å².